The Labute approximate surface area is 141 Å². The molecule has 0 aliphatic heterocycles. The summed E-state index contributed by atoms with van der Waals surface area (Å²) in [6.07, 6.45) is 1.70. The van der Waals surface area contributed by atoms with Gasteiger partial charge in [-0.2, -0.15) is 15.1 Å². The van der Waals surface area contributed by atoms with Gasteiger partial charge in [0.1, 0.15) is 0 Å². The van der Waals surface area contributed by atoms with Crippen LogP contribution in [0.2, 0.25) is 0 Å². The number of methoxy groups -OCH3 is 1. The Hall–Kier alpha value is -2.81. The van der Waals surface area contributed by atoms with Crippen LogP contribution in [0.4, 0.5) is 0 Å². The van der Waals surface area contributed by atoms with Crippen molar-refractivity contribution in [2.24, 2.45) is 7.05 Å². The number of ether oxygens (including phenoxy) is 1. The molecule has 8 nitrogen and oxygen atoms in total. The summed E-state index contributed by atoms with van der Waals surface area (Å²) >= 11 is 1.46. The number of hydrogen-bond acceptors (Lipinski definition) is 8. The van der Waals surface area contributed by atoms with Gasteiger partial charge >= 0.3 is 0 Å². The molecule has 4 aromatic heterocycles. The highest BCUT2D eigenvalue weighted by atomic mass is 32.1. The standard InChI is InChI=1S/C15H14N6O2S/c1-7-10-5-9(6-16-12(10)21(3)19-7)14-17-11(20-23-14)15-18-13(22-4)8(2)24-15/h5-6H,1-4H3. The highest BCUT2D eigenvalue weighted by Crippen LogP contribution is 2.31. The van der Waals surface area contributed by atoms with Crippen LogP contribution in [0.25, 0.3) is 33.3 Å². The molecule has 0 saturated carbocycles. The predicted molar refractivity (Wildman–Crippen MR) is 88.9 cm³/mol. The number of pyridine rings is 1. The molecule has 0 atom stereocenters. The van der Waals surface area contributed by atoms with Gasteiger partial charge < -0.3 is 9.26 Å². The number of fused-ring (bicyclic) bond motifs is 1. The quantitative estimate of drug-likeness (QED) is 0.565. The maximum absolute atomic E-state index is 5.38. The van der Waals surface area contributed by atoms with Gasteiger partial charge in [0.2, 0.25) is 11.7 Å². The molecule has 0 radical (unpaired) electrons. The maximum atomic E-state index is 5.38. The van der Waals surface area contributed by atoms with Crippen molar-refractivity contribution in [2.75, 3.05) is 7.11 Å². The second-order valence-electron chi connectivity index (χ2n) is 5.31. The Kier molecular flexibility index (Phi) is 3.31. The first kappa shape index (κ1) is 14.8. The monoisotopic (exact) mass is 342 g/mol. The van der Waals surface area contributed by atoms with Crippen LogP contribution in [0, 0.1) is 13.8 Å². The molecule has 0 bridgehead atoms. The Bertz CT molecular complexity index is 1050. The van der Waals surface area contributed by atoms with E-state index in [1.54, 1.807) is 18.0 Å². The third kappa shape index (κ3) is 2.24. The molecule has 0 spiro atoms. The van der Waals surface area contributed by atoms with Crippen molar-refractivity contribution in [3.63, 3.8) is 0 Å². The molecule has 0 aliphatic carbocycles. The summed E-state index contributed by atoms with van der Waals surface area (Å²) in [7, 11) is 3.45. The summed E-state index contributed by atoms with van der Waals surface area (Å²) < 4.78 is 12.3. The molecule has 122 valence electrons. The van der Waals surface area contributed by atoms with E-state index in [-0.39, 0.29) is 0 Å². The van der Waals surface area contributed by atoms with Crippen molar-refractivity contribution in [1.29, 1.82) is 0 Å². The van der Waals surface area contributed by atoms with E-state index in [0.717, 1.165) is 27.2 Å². The predicted octanol–water partition coefficient (Wildman–Crippen LogP) is 2.77. The molecular formula is C15H14N6O2S. The molecule has 24 heavy (non-hydrogen) atoms. The molecule has 0 aromatic carbocycles. The molecule has 4 rings (SSSR count). The Morgan fingerprint density at radius 3 is 2.83 bits per heavy atom. The summed E-state index contributed by atoms with van der Waals surface area (Å²) in [5.74, 6) is 1.41. The molecule has 0 amide bonds. The summed E-state index contributed by atoms with van der Waals surface area (Å²) in [5.41, 5.74) is 2.47. The Morgan fingerprint density at radius 2 is 2.08 bits per heavy atom. The van der Waals surface area contributed by atoms with Gasteiger partial charge in [-0.15, -0.1) is 11.3 Å². The van der Waals surface area contributed by atoms with E-state index in [2.05, 4.69) is 25.2 Å². The van der Waals surface area contributed by atoms with Crippen molar-refractivity contribution < 1.29 is 9.26 Å². The van der Waals surface area contributed by atoms with Crippen LogP contribution in [-0.4, -0.2) is 37.0 Å². The number of hydrogen-bond donors (Lipinski definition) is 0. The van der Waals surface area contributed by atoms with Gasteiger partial charge in [0.25, 0.3) is 5.89 Å². The first-order valence-corrected chi connectivity index (χ1v) is 8.03. The van der Waals surface area contributed by atoms with Crippen molar-refractivity contribution in [2.45, 2.75) is 13.8 Å². The zero-order chi connectivity index (χ0) is 16.8. The normalized spacial score (nSPS) is 11.3. The zero-order valence-corrected chi connectivity index (χ0v) is 14.4. The molecule has 0 N–H and O–H groups in total. The number of rotatable bonds is 3. The average Bonchev–Trinajstić information content (AvgIpc) is 3.26. The topological polar surface area (TPSA) is 91.8 Å². The maximum Gasteiger partial charge on any atom is 0.259 e. The van der Waals surface area contributed by atoms with Crippen LogP contribution < -0.4 is 4.74 Å². The fraction of sp³-hybridized carbons (Fsp3) is 0.267. The smallest absolute Gasteiger partial charge is 0.259 e. The minimum Gasteiger partial charge on any atom is -0.480 e. The lowest BCUT2D eigenvalue weighted by Gasteiger charge is -1.95. The summed E-state index contributed by atoms with van der Waals surface area (Å²) in [5, 5.41) is 10.00. The minimum absolute atomic E-state index is 0.398. The van der Waals surface area contributed by atoms with Crippen LogP contribution in [0.5, 0.6) is 5.88 Å². The van der Waals surface area contributed by atoms with Gasteiger partial charge in [0.05, 0.1) is 23.2 Å². The van der Waals surface area contributed by atoms with Gasteiger partial charge in [-0.3, -0.25) is 4.68 Å². The lowest BCUT2D eigenvalue weighted by atomic mass is 10.2. The van der Waals surface area contributed by atoms with E-state index in [0.29, 0.717) is 22.6 Å². The summed E-state index contributed by atoms with van der Waals surface area (Å²) in [4.78, 5) is 14.2. The zero-order valence-electron chi connectivity index (χ0n) is 13.6. The van der Waals surface area contributed by atoms with E-state index in [1.165, 1.54) is 11.3 Å². The van der Waals surface area contributed by atoms with Crippen molar-refractivity contribution >= 4 is 22.4 Å². The van der Waals surface area contributed by atoms with Crippen molar-refractivity contribution in [3.8, 4) is 28.2 Å². The van der Waals surface area contributed by atoms with E-state index in [4.69, 9.17) is 9.26 Å². The van der Waals surface area contributed by atoms with Gasteiger partial charge in [-0.25, -0.2) is 4.98 Å². The fourth-order valence-electron chi connectivity index (χ4n) is 2.52. The van der Waals surface area contributed by atoms with Gasteiger partial charge in [0, 0.05) is 18.6 Å². The molecule has 4 heterocycles. The van der Waals surface area contributed by atoms with Crippen LogP contribution in [0.15, 0.2) is 16.8 Å². The molecule has 4 aromatic rings. The third-order valence-corrected chi connectivity index (χ3v) is 4.62. The van der Waals surface area contributed by atoms with Crippen molar-refractivity contribution in [1.82, 2.24) is 29.9 Å². The second kappa shape index (κ2) is 5.38. The SMILES string of the molecule is COc1nc(-c2noc(-c3cnc4c(c3)c(C)nn4C)n2)sc1C. The number of thiazole rings is 1. The molecule has 0 saturated heterocycles. The van der Waals surface area contributed by atoms with Crippen LogP contribution in [0.1, 0.15) is 10.6 Å². The number of nitrogens with zero attached hydrogens (tertiary/aromatic N) is 6. The first-order valence-electron chi connectivity index (χ1n) is 7.22. The van der Waals surface area contributed by atoms with E-state index in [9.17, 15) is 0 Å². The van der Waals surface area contributed by atoms with Gasteiger partial charge in [0.15, 0.2) is 10.7 Å². The Balaban J connectivity index is 1.75. The lowest BCUT2D eigenvalue weighted by molar-refractivity contribution is 0.398. The van der Waals surface area contributed by atoms with Crippen LogP contribution in [0.3, 0.4) is 0 Å². The molecule has 0 unspecified atom stereocenters. The number of aryl methyl sites for hydroxylation is 3. The number of aromatic nitrogens is 6. The van der Waals surface area contributed by atoms with Gasteiger partial charge in [-0.1, -0.05) is 5.16 Å². The van der Waals surface area contributed by atoms with E-state index < -0.39 is 0 Å². The molecule has 0 aliphatic rings. The van der Waals surface area contributed by atoms with E-state index >= 15 is 0 Å². The highest BCUT2D eigenvalue weighted by molar-refractivity contribution is 7.15. The molecule has 9 heteroatoms. The lowest BCUT2D eigenvalue weighted by Crippen LogP contribution is -1.91. The molecular weight excluding hydrogens is 328 g/mol. The van der Waals surface area contributed by atoms with E-state index in [1.807, 2.05) is 27.0 Å². The highest BCUT2D eigenvalue weighted by Gasteiger charge is 2.17. The van der Waals surface area contributed by atoms with Crippen molar-refractivity contribution in [3.05, 3.63) is 22.8 Å². The third-order valence-electron chi connectivity index (χ3n) is 3.67. The van der Waals surface area contributed by atoms with Gasteiger partial charge in [-0.05, 0) is 19.9 Å². The minimum atomic E-state index is 0.398. The summed E-state index contributed by atoms with van der Waals surface area (Å²) in [6.45, 7) is 3.88. The fourth-order valence-corrected chi connectivity index (χ4v) is 3.33. The van der Waals surface area contributed by atoms with Crippen LogP contribution >= 0.6 is 11.3 Å². The second-order valence-corrected chi connectivity index (χ2v) is 6.51. The average molecular weight is 342 g/mol. The van der Waals surface area contributed by atoms with Crippen LogP contribution in [-0.2, 0) is 7.05 Å². The Morgan fingerprint density at radius 1 is 1.25 bits per heavy atom. The summed E-state index contributed by atoms with van der Waals surface area (Å²) in [6, 6.07) is 1.95. The largest absolute Gasteiger partial charge is 0.480 e. The first-order chi connectivity index (χ1) is 11.6. The molecule has 0 fully saturated rings.